The first-order valence-corrected chi connectivity index (χ1v) is 9.01. The van der Waals surface area contributed by atoms with Crippen LogP contribution in [0.25, 0.3) is 0 Å². The lowest BCUT2D eigenvalue weighted by Crippen LogP contribution is -2.34. The average molecular weight is 341 g/mol. The average Bonchev–Trinajstić information content (AvgIpc) is 3.07. The SMILES string of the molecule is COC(=O)c1cc(S(=O)(=O)N2C[C@]3(C)CN(C)C[C@]3(C)C2)c[nH]1. The van der Waals surface area contributed by atoms with Gasteiger partial charge in [0.2, 0.25) is 10.0 Å². The number of hydrogen-bond donors (Lipinski definition) is 1. The number of ether oxygens (including phenoxy) is 1. The van der Waals surface area contributed by atoms with Gasteiger partial charge in [0.15, 0.2) is 0 Å². The van der Waals surface area contributed by atoms with Gasteiger partial charge in [-0.15, -0.1) is 0 Å². The van der Waals surface area contributed by atoms with E-state index in [1.165, 1.54) is 19.4 Å². The summed E-state index contributed by atoms with van der Waals surface area (Å²) in [5, 5.41) is 0. The van der Waals surface area contributed by atoms with Gasteiger partial charge in [0.05, 0.1) is 7.11 Å². The number of esters is 1. The van der Waals surface area contributed by atoms with E-state index in [-0.39, 0.29) is 21.4 Å². The Morgan fingerprint density at radius 1 is 1.22 bits per heavy atom. The summed E-state index contributed by atoms with van der Waals surface area (Å²) in [5.41, 5.74) is 0.0229. The number of hydrogen-bond acceptors (Lipinski definition) is 5. The van der Waals surface area contributed by atoms with Gasteiger partial charge in [0, 0.05) is 43.2 Å². The molecule has 2 fully saturated rings. The second-order valence-electron chi connectivity index (χ2n) is 7.31. The second-order valence-corrected chi connectivity index (χ2v) is 9.25. The number of aromatic nitrogens is 1. The normalized spacial score (nSPS) is 32.2. The third kappa shape index (κ3) is 2.40. The molecule has 0 aliphatic carbocycles. The van der Waals surface area contributed by atoms with Crippen molar-refractivity contribution in [2.45, 2.75) is 18.7 Å². The molecule has 2 saturated heterocycles. The van der Waals surface area contributed by atoms with E-state index in [9.17, 15) is 13.2 Å². The molecule has 0 amide bonds. The predicted octanol–water partition coefficient (Wildman–Crippen LogP) is 0.764. The summed E-state index contributed by atoms with van der Waals surface area (Å²) in [6.45, 7) is 7.07. The molecule has 3 rings (SSSR count). The molecule has 0 saturated carbocycles. The van der Waals surface area contributed by atoms with Crippen LogP contribution < -0.4 is 0 Å². The Morgan fingerprint density at radius 3 is 2.30 bits per heavy atom. The molecule has 2 aliphatic heterocycles. The third-order valence-electron chi connectivity index (χ3n) is 5.45. The summed E-state index contributed by atoms with van der Waals surface area (Å²) in [6, 6.07) is 1.34. The van der Waals surface area contributed by atoms with Gasteiger partial charge in [-0.25, -0.2) is 13.2 Å². The van der Waals surface area contributed by atoms with Gasteiger partial charge in [-0.1, -0.05) is 13.8 Å². The van der Waals surface area contributed by atoms with Crippen LogP contribution in [0.15, 0.2) is 17.2 Å². The lowest BCUT2D eigenvalue weighted by Gasteiger charge is -2.30. The number of carbonyl (C=O) groups excluding carboxylic acids is 1. The van der Waals surface area contributed by atoms with E-state index in [0.29, 0.717) is 13.1 Å². The van der Waals surface area contributed by atoms with E-state index in [1.807, 2.05) is 0 Å². The number of methoxy groups -OCH3 is 1. The highest BCUT2D eigenvalue weighted by molar-refractivity contribution is 7.89. The van der Waals surface area contributed by atoms with E-state index in [0.717, 1.165) is 13.1 Å². The molecule has 1 N–H and O–H groups in total. The van der Waals surface area contributed by atoms with Crippen molar-refractivity contribution in [2.24, 2.45) is 10.8 Å². The van der Waals surface area contributed by atoms with Crippen molar-refractivity contribution in [3.8, 4) is 0 Å². The molecule has 0 bridgehead atoms. The Labute approximate surface area is 136 Å². The minimum atomic E-state index is -3.62. The van der Waals surface area contributed by atoms with Crippen LogP contribution in [0.2, 0.25) is 0 Å². The largest absolute Gasteiger partial charge is 0.464 e. The summed E-state index contributed by atoms with van der Waals surface area (Å²) in [4.78, 5) is 16.5. The number of H-pyrrole nitrogens is 1. The van der Waals surface area contributed by atoms with Gasteiger partial charge in [-0.3, -0.25) is 0 Å². The van der Waals surface area contributed by atoms with E-state index < -0.39 is 16.0 Å². The van der Waals surface area contributed by atoms with Gasteiger partial charge in [0.1, 0.15) is 10.6 Å². The number of aromatic amines is 1. The number of fused-ring (bicyclic) bond motifs is 1. The van der Waals surface area contributed by atoms with Crippen molar-refractivity contribution in [3.05, 3.63) is 18.0 Å². The number of carbonyl (C=O) groups is 1. The summed E-state index contributed by atoms with van der Waals surface area (Å²) < 4.78 is 31.9. The van der Waals surface area contributed by atoms with E-state index in [4.69, 9.17) is 0 Å². The molecule has 0 aromatic carbocycles. The zero-order valence-electron chi connectivity index (χ0n) is 13.9. The van der Waals surface area contributed by atoms with E-state index in [2.05, 4.69) is 35.5 Å². The first-order chi connectivity index (χ1) is 10.6. The summed E-state index contributed by atoms with van der Waals surface area (Å²) in [7, 11) is -0.287. The molecule has 7 nitrogen and oxygen atoms in total. The zero-order valence-corrected chi connectivity index (χ0v) is 14.7. The lowest BCUT2D eigenvalue weighted by molar-refractivity contribution is 0.0594. The summed E-state index contributed by atoms with van der Waals surface area (Å²) >= 11 is 0. The number of nitrogens with zero attached hydrogens (tertiary/aromatic N) is 2. The minimum absolute atomic E-state index is 0.0592. The van der Waals surface area contributed by atoms with Crippen molar-refractivity contribution >= 4 is 16.0 Å². The molecule has 128 valence electrons. The maximum absolute atomic E-state index is 12.9. The van der Waals surface area contributed by atoms with Crippen LogP contribution >= 0.6 is 0 Å². The standard InChI is InChI=1S/C15H23N3O4S/c1-14-7-17(3)8-15(14,2)10-18(9-14)23(20,21)11-5-12(16-6-11)13(19)22-4/h5-6,16H,7-10H2,1-4H3/t14-,15+. The smallest absolute Gasteiger partial charge is 0.354 e. The van der Waals surface area contributed by atoms with Gasteiger partial charge < -0.3 is 14.6 Å². The van der Waals surface area contributed by atoms with Crippen LogP contribution in [0.4, 0.5) is 0 Å². The lowest BCUT2D eigenvalue weighted by atomic mass is 9.71. The fourth-order valence-electron chi connectivity index (χ4n) is 4.02. The monoisotopic (exact) mass is 341 g/mol. The van der Waals surface area contributed by atoms with Crippen LogP contribution in [0.5, 0.6) is 0 Å². The molecule has 3 heterocycles. The fraction of sp³-hybridized carbons (Fsp3) is 0.667. The van der Waals surface area contributed by atoms with Gasteiger partial charge in [-0.05, 0) is 13.1 Å². The highest BCUT2D eigenvalue weighted by atomic mass is 32.2. The zero-order chi connectivity index (χ0) is 17.0. The molecule has 8 heteroatoms. The number of sulfonamides is 1. The Hall–Kier alpha value is -1.38. The van der Waals surface area contributed by atoms with Crippen molar-refractivity contribution < 1.29 is 17.9 Å². The summed E-state index contributed by atoms with van der Waals surface area (Å²) in [6.07, 6.45) is 1.35. The van der Waals surface area contributed by atoms with Gasteiger partial charge in [-0.2, -0.15) is 4.31 Å². The predicted molar refractivity (Wildman–Crippen MR) is 84.6 cm³/mol. The molecular formula is C15H23N3O4S. The second kappa shape index (κ2) is 5.06. The van der Waals surface area contributed by atoms with Crippen molar-refractivity contribution in [3.63, 3.8) is 0 Å². The topological polar surface area (TPSA) is 82.7 Å². The summed E-state index contributed by atoms with van der Waals surface area (Å²) in [5.74, 6) is -0.578. The molecule has 23 heavy (non-hydrogen) atoms. The van der Waals surface area contributed by atoms with E-state index >= 15 is 0 Å². The Kier molecular flexibility index (Phi) is 3.62. The van der Waals surface area contributed by atoms with Crippen molar-refractivity contribution in [1.29, 1.82) is 0 Å². The van der Waals surface area contributed by atoms with Crippen LogP contribution in [0, 0.1) is 10.8 Å². The third-order valence-corrected chi connectivity index (χ3v) is 7.21. The Bertz CT molecular complexity index is 724. The number of likely N-dealkylation sites (tertiary alicyclic amines) is 1. The van der Waals surface area contributed by atoms with Crippen molar-refractivity contribution in [1.82, 2.24) is 14.2 Å². The number of nitrogens with one attached hydrogen (secondary N) is 1. The highest BCUT2D eigenvalue weighted by Crippen LogP contribution is 2.52. The minimum Gasteiger partial charge on any atom is -0.464 e. The number of rotatable bonds is 3. The molecule has 0 unspecified atom stereocenters. The molecule has 0 radical (unpaired) electrons. The highest BCUT2D eigenvalue weighted by Gasteiger charge is 2.58. The quantitative estimate of drug-likeness (QED) is 0.821. The molecular weight excluding hydrogens is 318 g/mol. The first-order valence-electron chi connectivity index (χ1n) is 7.57. The fourth-order valence-corrected chi connectivity index (χ4v) is 5.70. The maximum Gasteiger partial charge on any atom is 0.354 e. The Balaban J connectivity index is 1.88. The maximum atomic E-state index is 12.9. The van der Waals surface area contributed by atoms with Crippen LogP contribution in [-0.4, -0.2) is 68.9 Å². The van der Waals surface area contributed by atoms with Crippen LogP contribution in [0.1, 0.15) is 24.3 Å². The van der Waals surface area contributed by atoms with Crippen LogP contribution in [0.3, 0.4) is 0 Å². The first kappa shape index (κ1) is 16.5. The molecule has 2 aliphatic rings. The molecule has 1 aromatic rings. The molecule has 0 spiro atoms. The Morgan fingerprint density at radius 2 is 1.78 bits per heavy atom. The van der Waals surface area contributed by atoms with Crippen molar-refractivity contribution in [2.75, 3.05) is 40.3 Å². The molecule has 1 aromatic heterocycles. The van der Waals surface area contributed by atoms with E-state index in [1.54, 1.807) is 4.31 Å². The van der Waals surface area contributed by atoms with Gasteiger partial charge >= 0.3 is 5.97 Å². The molecule has 2 atom stereocenters. The van der Waals surface area contributed by atoms with Crippen LogP contribution in [-0.2, 0) is 14.8 Å². The van der Waals surface area contributed by atoms with Gasteiger partial charge in [0.25, 0.3) is 0 Å².